The van der Waals surface area contributed by atoms with E-state index in [1.165, 1.54) is 0 Å². The highest BCUT2D eigenvalue weighted by Gasteiger charge is 2.38. The van der Waals surface area contributed by atoms with E-state index >= 15 is 0 Å². The van der Waals surface area contributed by atoms with Crippen molar-refractivity contribution in [2.75, 3.05) is 6.61 Å². The van der Waals surface area contributed by atoms with E-state index in [-0.39, 0.29) is 18.4 Å². The van der Waals surface area contributed by atoms with Gasteiger partial charge >= 0.3 is 0 Å². The second-order valence-corrected chi connectivity index (χ2v) is 4.62. The van der Waals surface area contributed by atoms with Crippen molar-refractivity contribution in [2.45, 2.75) is 18.4 Å². The Bertz CT molecular complexity index is 595. The van der Waals surface area contributed by atoms with E-state index in [4.69, 9.17) is 0 Å². The number of nitrogens with one attached hydrogen (secondary N) is 1. The van der Waals surface area contributed by atoms with Gasteiger partial charge in [-0.3, -0.25) is 0 Å². The van der Waals surface area contributed by atoms with Gasteiger partial charge in [0.05, 0.1) is 18.6 Å². The third-order valence-electron chi connectivity index (χ3n) is 3.55. The van der Waals surface area contributed by atoms with E-state index < -0.39 is 6.10 Å². The van der Waals surface area contributed by atoms with Gasteiger partial charge in [-0.15, -0.1) is 0 Å². The second-order valence-electron chi connectivity index (χ2n) is 4.62. The molecule has 2 heterocycles. The van der Waals surface area contributed by atoms with Gasteiger partial charge < -0.3 is 15.2 Å². The molecule has 1 saturated carbocycles. The van der Waals surface area contributed by atoms with Crippen LogP contribution in [0.25, 0.3) is 11.2 Å². The molecule has 6 nitrogen and oxygen atoms in total. The maximum Gasteiger partial charge on any atom is 0.180 e. The van der Waals surface area contributed by atoms with Crippen molar-refractivity contribution in [3.63, 3.8) is 0 Å². The molecule has 3 rings (SSSR count). The van der Waals surface area contributed by atoms with E-state index in [0.717, 1.165) is 5.52 Å². The van der Waals surface area contributed by atoms with Crippen LogP contribution in [-0.2, 0) is 0 Å². The molecule has 1 aliphatic carbocycles. The van der Waals surface area contributed by atoms with Crippen molar-refractivity contribution < 1.29 is 10.2 Å². The van der Waals surface area contributed by atoms with Gasteiger partial charge in [0.2, 0.25) is 0 Å². The molecule has 0 radical (unpaired) electrons. The molecule has 6 heteroatoms. The minimum absolute atomic E-state index is 0.0542. The first kappa shape index (κ1) is 11.3. The molecule has 0 aromatic carbocycles. The van der Waals surface area contributed by atoms with Crippen molar-refractivity contribution >= 4 is 11.2 Å². The third-order valence-corrected chi connectivity index (χ3v) is 3.55. The Morgan fingerprint density at radius 3 is 3.00 bits per heavy atom. The number of aliphatic hydroxyl groups is 2. The first-order valence-corrected chi connectivity index (χ1v) is 5.84. The minimum atomic E-state index is -0.682. The van der Waals surface area contributed by atoms with Crippen molar-refractivity contribution in [3.05, 3.63) is 30.5 Å². The molecule has 3 unspecified atom stereocenters. The first-order chi connectivity index (χ1) is 8.70. The summed E-state index contributed by atoms with van der Waals surface area (Å²) in [5.41, 5.74) is 2.06. The molecule has 94 valence electrons. The summed E-state index contributed by atoms with van der Waals surface area (Å²) in [7, 11) is 0. The number of hydrogen-bond donors (Lipinski definition) is 3. The van der Waals surface area contributed by atoms with Crippen LogP contribution in [0.1, 0.15) is 18.2 Å². The lowest BCUT2D eigenvalue weighted by Crippen LogP contribution is -2.17. The Hall–Kier alpha value is -1.79. The highest BCUT2D eigenvalue weighted by Crippen LogP contribution is 2.40. The molecule has 2 aromatic heterocycles. The van der Waals surface area contributed by atoms with Gasteiger partial charge in [0.1, 0.15) is 11.3 Å². The summed E-state index contributed by atoms with van der Waals surface area (Å²) < 4.78 is 0. The molecular weight excluding hydrogens is 232 g/mol. The molecular formula is C12H14N4O2. The number of nitrogens with zero attached hydrogens (tertiary/aromatic N) is 3. The van der Waals surface area contributed by atoms with Gasteiger partial charge in [-0.2, -0.15) is 0 Å². The number of rotatable bonds is 2. The van der Waals surface area contributed by atoms with Crippen LogP contribution in [-0.4, -0.2) is 42.9 Å². The number of hydrogen-bond acceptors (Lipinski definition) is 5. The monoisotopic (exact) mass is 246 g/mol. The zero-order valence-electron chi connectivity index (χ0n) is 9.74. The Morgan fingerprint density at radius 1 is 1.44 bits per heavy atom. The smallest absolute Gasteiger partial charge is 0.180 e. The van der Waals surface area contributed by atoms with Crippen LogP contribution in [0, 0.1) is 5.92 Å². The average molecular weight is 246 g/mol. The normalized spacial score (nSPS) is 28.1. The SMILES string of the molecule is C=C1C(c2ncc3[nH]cnc3n2)CC(CO)C1O. The summed E-state index contributed by atoms with van der Waals surface area (Å²) in [5.74, 6) is 0.314. The predicted molar refractivity (Wildman–Crippen MR) is 64.8 cm³/mol. The number of imidazole rings is 1. The molecule has 1 fully saturated rings. The topological polar surface area (TPSA) is 94.9 Å². The van der Waals surface area contributed by atoms with E-state index in [1.807, 2.05) is 0 Å². The molecule has 3 atom stereocenters. The van der Waals surface area contributed by atoms with Crippen molar-refractivity contribution in [1.82, 2.24) is 19.9 Å². The summed E-state index contributed by atoms with van der Waals surface area (Å²) in [4.78, 5) is 15.7. The summed E-state index contributed by atoms with van der Waals surface area (Å²) >= 11 is 0. The maximum atomic E-state index is 9.93. The van der Waals surface area contributed by atoms with Crippen LogP contribution in [0.4, 0.5) is 0 Å². The quantitative estimate of drug-likeness (QED) is 0.665. The zero-order valence-corrected chi connectivity index (χ0v) is 9.74. The molecule has 1 aliphatic rings. The molecule has 0 saturated heterocycles. The van der Waals surface area contributed by atoms with Crippen LogP contribution < -0.4 is 0 Å². The van der Waals surface area contributed by atoms with E-state index in [0.29, 0.717) is 23.5 Å². The fourth-order valence-corrected chi connectivity index (χ4v) is 2.45. The fourth-order valence-electron chi connectivity index (χ4n) is 2.45. The Morgan fingerprint density at radius 2 is 2.28 bits per heavy atom. The van der Waals surface area contributed by atoms with Gasteiger partial charge in [-0.25, -0.2) is 15.0 Å². The number of aromatic nitrogens is 4. The number of aliphatic hydroxyl groups excluding tert-OH is 2. The second kappa shape index (κ2) is 4.15. The van der Waals surface area contributed by atoms with E-state index in [2.05, 4.69) is 26.5 Å². The van der Waals surface area contributed by atoms with Gasteiger partial charge in [-0.05, 0) is 12.0 Å². The van der Waals surface area contributed by atoms with Gasteiger partial charge in [0, 0.05) is 18.4 Å². The number of H-pyrrole nitrogens is 1. The van der Waals surface area contributed by atoms with Crippen LogP contribution in [0.2, 0.25) is 0 Å². The zero-order chi connectivity index (χ0) is 12.7. The molecule has 3 N–H and O–H groups in total. The highest BCUT2D eigenvalue weighted by molar-refractivity contribution is 5.68. The summed E-state index contributed by atoms with van der Waals surface area (Å²) in [6.07, 6.45) is 3.18. The first-order valence-electron chi connectivity index (χ1n) is 5.84. The molecule has 0 bridgehead atoms. The summed E-state index contributed by atoms with van der Waals surface area (Å²) in [6, 6.07) is 0. The predicted octanol–water partition coefficient (Wildman–Crippen LogP) is 0.366. The fraction of sp³-hybridized carbons (Fsp3) is 0.417. The van der Waals surface area contributed by atoms with Crippen LogP contribution in [0.3, 0.4) is 0 Å². The summed E-state index contributed by atoms with van der Waals surface area (Å²) in [5, 5.41) is 19.1. The Balaban J connectivity index is 1.97. The van der Waals surface area contributed by atoms with Gasteiger partial charge in [-0.1, -0.05) is 6.58 Å². The Kier molecular flexibility index (Phi) is 2.61. The third kappa shape index (κ3) is 1.61. The average Bonchev–Trinajstić information content (AvgIpc) is 2.95. The molecule has 0 spiro atoms. The van der Waals surface area contributed by atoms with Crippen molar-refractivity contribution in [1.29, 1.82) is 0 Å². The van der Waals surface area contributed by atoms with Gasteiger partial charge in [0.25, 0.3) is 0 Å². The largest absolute Gasteiger partial charge is 0.396 e. The van der Waals surface area contributed by atoms with Gasteiger partial charge in [0.15, 0.2) is 5.65 Å². The standard InChI is InChI=1S/C12H14N4O2/c1-6-8(2-7(4-17)10(6)18)11-13-3-9-12(16-11)15-5-14-9/h3,5,7-8,10,17-18H,1-2,4H2,(H,13,14,15,16). The molecule has 2 aromatic rings. The van der Waals surface area contributed by atoms with Crippen molar-refractivity contribution in [3.8, 4) is 0 Å². The van der Waals surface area contributed by atoms with E-state index in [1.54, 1.807) is 12.5 Å². The lowest BCUT2D eigenvalue weighted by molar-refractivity contribution is 0.111. The lowest BCUT2D eigenvalue weighted by Gasteiger charge is -2.10. The van der Waals surface area contributed by atoms with Crippen molar-refractivity contribution in [2.24, 2.45) is 5.92 Å². The van der Waals surface area contributed by atoms with Crippen LogP contribution in [0.5, 0.6) is 0 Å². The maximum absolute atomic E-state index is 9.93. The van der Waals surface area contributed by atoms with Crippen LogP contribution >= 0.6 is 0 Å². The lowest BCUT2D eigenvalue weighted by atomic mass is 10.0. The molecule has 18 heavy (non-hydrogen) atoms. The summed E-state index contributed by atoms with van der Waals surface area (Å²) in [6.45, 7) is 3.84. The highest BCUT2D eigenvalue weighted by atomic mass is 16.3. The minimum Gasteiger partial charge on any atom is -0.396 e. The van der Waals surface area contributed by atoms with Crippen LogP contribution in [0.15, 0.2) is 24.7 Å². The Labute approximate surface area is 103 Å². The molecule has 0 amide bonds. The van der Waals surface area contributed by atoms with E-state index in [9.17, 15) is 10.2 Å². The number of fused-ring (bicyclic) bond motifs is 1. The molecule has 0 aliphatic heterocycles. The number of aromatic amines is 1.